The zero-order valence-electron chi connectivity index (χ0n) is 14.7. The third-order valence-electron chi connectivity index (χ3n) is 4.22. The summed E-state index contributed by atoms with van der Waals surface area (Å²) in [5, 5.41) is 10.2. The van der Waals surface area contributed by atoms with Crippen molar-refractivity contribution in [1.29, 1.82) is 0 Å². The summed E-state index contributed by atoms with van der Waals surface area (Å²) in [5.74, 6) is -0.487. The molecule has 0 bridgehead atoms. The van der Waals surface area contributed by atoms with Crippen molar-refractivity contribution in [2.24, 2.45) is 0 Å². The molecule has 0 amide bonds. The number of phenolic OH excluding ortho intramolecular Hbond substituents is 1. The number of rotatable bonds is 4. The van der Waals surface area contributed by atoms with Gasteiger partial charge in [-0.3, -0.25) is 0 Å². The molecule has 3 aromatic carbocycles. The van der Waals surface area contributed by atoms with E-state index in [0.29, 0.717) is 0 Å². The summed E-state index contributed by atoms with van der Waals surface area (Å²) in [6, 6.07) is 16.1. The van der Waals surface area contributed by atoms with Crippen LogP contribution in [0.5, 0.6) is 5.75 Å². The van der Waals surface area contributed by atoms with E-state index in [0.717, 1.165) is 17.7 Å². The maximum absolute atomic E-state index is 13.0. The quantitative estimate of drug-likeness (QED) is 0.719. The van der Waals surface area contributed by atoms with Gasteiger partial charge in [-0.15, -0.1) is 0 Å². The van der Waals surface area contributed by atoms with Crippen LogP contribution in [0.3, 0.4) is 0 Å². The van der Waals surface area contributed by atoms with E-state index < -0.39 is 30.3 Å². The zero-order chi connectivity index (χ0) is 19.8. The van der Waals surface area contributed by atoms with Crippen LogP contribution in [0.15, 0.2) is 86.3 Å². The third-order valence-corrected chi connectivity index (χ3v) is 7.93. The van der Waals surface area contributed by atoms with Crippen molar-refractivity contribution < 1.29 is 21.9 Å². The van der Waals surface area contributed by atoms with Gasteiger partial charge in [0.1, 0.15) is 10.6 Å². The van der Waals surface area contributed by atoms with Gasteiger partial charge in [0.05, 0.1) is 14.7 Å². The van der Waals surface area contributed by atoms with Crippen molar-refractivity contribution >= 4 is 19.7 Å². The second-order valence-corrected chi connectivity index (χ2v) is 10.1. The van der Waals surface area contributed by atoms with Crippen molar-refractivity contribution in [3.05, 3.63) is 77.9 Å². The molecule has 3 aromatic rings. The minimum absolute atomic E-state index is 0.0252. The molecular weight excluding hydrogens is 384 g/mol. The third kappa shape index (κ3) is 3.48. The lowest BCUT2D eigenvalue weighted by Crippen LogP contribution is -2.08. The minimum atomic E-state index is -4.07. The molecule has 0 spiro atoms. The van der Waals surface area contributed by atoms with Crippen LogP contribution in [-0.2, 0) is 19.7 Å². The van der Waals surface area contributed by atoms with Gasteiger partial charge in [0.15, 0.2) is 0 Å². The highest BCUT2D eigenvalue weighted by molar-refractivity contribution is 7.92. The Morgan fingerprint density at radius 3 is 1.78 bits per heavy atom. The summed E-state index contributed by atoms with van der Waals surface area (Å²) in [6.07, 6.45) is 0. The monoisotopic (exact) mass is 402 g/mol. The summed E-state index contributed by atoms with van der Waals surface area (Å²) in [5.41, 5.74) is 1.17. The Balaban J connectivity index is 2.23. The minimum Gasteiger partial charge on any atom is -0.507 e. The number of aromatic hydroxyl groups is 1. The van der Waals surface area contributed by atoms with Gasteiger partial charge in [-0.2, -0.15) is 0 Å². The van der Waals surface area contributed by atoms with E-state index >= 15 is 0 Å². The fourth-order valence-electron chi connectivity index (χ4n) is 2.73. The predicted octanol–water partition coefficient (Wildman–Crippen LogP) is 3.67. The van der Waals surface area contributed by atoms with Gasteiger partial charge in [0, 0.05) is 0 Å². The van der Waals surface area contributed by atoms with Gasteiger partial charge in [-0.05, 0) is 55.8 Å². The number of benzene rings is 3. The first-order valence-corrected chi connectivity index (χ1v) is 11.1. The second kappa shape index (κ2) is 6.83. The Morgan fingerprint density at radius 1 is 0.667 bits per heavy atom. The lowest BCUT2D eigenvalue weighted by Gasteiger charge is -2.13. The van der Waals surface area contributed by atoms with Crippen LogP contribution in [0.1, 0.15) is 11.1 Å². The maximum Gasteiger partial charge on any atom is 0.210 e. The number of sulfone groups is 2. The van der Waals surface area contributed by atoms with E-state index in [2.05, 4.69) is 0 Å². The highest BCUT2D eigenvalue weighted by Gasteiger charge is 2.27. The number of phenols is 1. The summed E-state index contributed by atoms with van der Waals surface area (Å²) in [7, 11) is -8.02. The zero-order valence-corrected chi connectivity index (χ0v) is 16.4. The molecule has 5 nitrogen and oxygen atoms in total. The molecular formula is C20H18O5S2. The van der Waals surface area contributed by atoms with Gasteiger partial charge in [0.25, 0.3) is 0 Å². The van der Waals surface area contributed by atoms with Crippen LogP contribution in [-0.4, -0.2) is 21.9 Å². The second-order valence-electron chi connectivity index (χ2n) is 6.22. The molecule has 0 heterocycles. The largest absolute Gasteiger partial charge is 0.507 e. The molecule has 0 saturated heterocycles. The lowest BCUT2D eigenvalue weighted by molar-refractivity contribution is 0.457. The SMILES string of the molecule is Cc1ccc(S(=O)(=O)c2cc(S(=O)(=O)c3ccccc3)c(O)cc2C)cc1. The molecule has 0 unspecified atom stereocenters. The first-order valence-electron chi connectivity index (χ1n) is 8.09. The average Bonchev–Trinajstić information content (AvgIpc) is 2.62. The standard InChI is InChI=1S/C20H18O5S2/c1-14-8-10-17(11-9-14)26(22,23)19-13-20(18(21)12-15(19)2)27(24,25)16-6-4-3-5-7-16/h3-13,21H,1-2H3. The highest BCUT2D eigenvalue weighted by Crippen LogP contribution is 2.35. The molecule has 0 aromatic heterocycles. The van der Waals surface area contributed by atoms with Crippen molar-refractivity contribution in [2.45, 2.75) is 33.4 Å². The molecule has 0 radical (unpaired) electrons. The first kappa shape index (κ1) is 19.1. The fraction of sp³-hybridized carbons (Fsp3) is 0.100. The Bertz CT molecular complexity index is 1200. The lowest BCUT2D eigenvalue weighted by atomic mass is 10.2. The topological polar surface area (TPSA) is 88.5 Å². The Kier molecular flexibility index (Phi) is 4.84. The van der Waals surface area contributed by atoms with E-state index in [1.54, 1.807) is 30.3 Å². The van der Waals surface area contributed by atoms with Crippen molar-refractivity contribution in [3.63, 3.8) is 0 Å². The van der Waals surface area contributed by atoms with Gasteiger partial charge in [-0.1, -0.05) is 35.9 Å². The molecule has 0 saturated carbocycles. The van der Waals surface area contributed by atoms with E-state index in [4.69, 9.17) is 0 Å². The van der Waals surface area contributed by atoms with Crippen LogP contribution in [0.25, 0.3) is 0 Å². The summed E-state index contributed by atoms with van der Waals surface area (Å²) in [6.45, 7) is 3.35. The normalized spacial score (nSPS) is 12.1. The smallest absolute Gasteiger partial charge is 0.210 e. The first-order chi connectivity index (χ1) is 12.6. The van der Waals surface area contributed by atoms with Crippen molar-refractivity contribution in [2.75, 3.05) is 0 Å². The molecule has 0 aliphatic carbocycles. The summed E-state index contributed by atoms with van der Waals surface area (Å²) in [4.78, 5) is -0.559. The maximum atomic E-state index is 13.0. The number of aryl methyl sites for hydroxylation is 2. The molecule has 0 atom stereocenters. The van der Waals surface area contributed by atoms with E-state index in [1.165, 1.54) is 31.2 Å². The van der Waals surface area contributed by atoms with Crippen LogP contribution in [0, 0.1) is 13.8 Å². The predicted molar refractivity (Wildman–Crippen MR) is 101 cm³/mol. The fourth-order valence-corrected chi connectivity index (χ4v) is 5.69. The van der Waals surface area contributed by atoms with Crippen LogP contribution >= 0.6 is 0 Å². The van der Waals surface area contributed by atoms with Gasteiger partial charge in [-0.25, -0.2) is 16.8 Å². The molecule has 0 aliphatic heterocycles. The summed E-state index contributed by atoms with van der Waals surface area (Å²) < 4.78 is 51.8. The molecule has 140 valence electrons. The molecule has 3 rings (SSSR count). The van der Waals surface area contributed by atoms with Crippen LogP contribution in [0.4, 0.5) is 0 Å². The molecule has 1 N–H and O–H groups in total. The van der Waals surface area contributed by atoms with Gasteiger partial charge < -0.3 is 5.11 Å². The molecule has 7 heteroatoms. The van der Waals surface area contributed by atoms with E-state index in [-0.39, 0.29) is 20.2 Å². The summed E-state index contributed by atoms with van der Waals surface area (Å²) >= 11 is 0. The number of hydrogen-bond donors (Lipinski definition) is 1. The van der Waals surface area contributed by atoms with Crippen LogP contribution in [0.2, 0.25) is 0 Å². The molecule has 0 fully saturated rings. The van der Waals surface area contributed by atoms with E-state index in [1.807, 2.05) is 6.92 Å². The Morgan fingerprint density at radius 2 is 1.19 bits per heavy atom. The van der Waals surface area contributed by atoms with Crippen molar-refractivity contribution in [3.8, 4) is 5.75 Å². The van der Waals surface area contributed by atoms with Gasteiger partial charge >= 0.3 is 0 Å². The van der Waals surface area contributed by atoms with E-state index in [9.17, 15) is 21.9 Å². The van der Waals surface area contributed by atoms with Crippen LogP contribution < -0.4 is 0 Å². The Labute approximate surface area is 158 Å². The van der Waals surface area contributed by atoms with Gasteiger partial charge in [0.2, 0.25) is 19.7 Å². The van der Waals surface area contributed by atoms with Crippen molar-refractivity contribution in [1.82, 2.24) is 0 Å². The highest BCUT2D eigenvalue weighted by atomic mass is 32.2. The molecule has 0 aliphatic rings. The Hall–Kier alpha value is -2.64. The molecule has 27 heavy (non-hydrogen) atoms. The average molecular weight is 402 g/mol. The number of hydrogen-bond acceptors (Lipinski definition) is 5.